The molecule has 0 aliphatic rings. The highest BCUT2D eigenvalue weighted by molar-refractivity contribution is 5.92. The third kappa shape index (κ3) is 1.18. The molecule has 0 aliphatic carbocycles. The SMILES string of the molecule is Cc1cc2ccnc(N)c2cc1O. The number of rotatable bonds is 0. The molecule has 0 aliphatic heterocycles. The lowest BCUT2D eigenvalue weighted by atomic mass is 10.1. The molecule has 2 rings (SSSR count). The van der Waals surface area contributed by atoms with Gasteiger partial charge < -0.3 is 10.8 Å². The molecule has 0 bridgehead atoms. The first kappa shape index (κ1) is 7.86. The molecular weight excluding hydrogens is 164 g/mol. The Morgan fingerprint density at radius 2 is 2.15 bits per heavy atom. The van der Waals surface area contributed by atoms with Crippen molar-refractivity contribution in [3.8, 4) is 5.75 Å². The van der Waals surface area contributed by atoms with Crippen LogP contribution in [0.2, 0.25) is 0 Å². The predicted molar refractivity (Wildman–Crippen MR) is 52.6 cm³/mol. The van der Waals surface area contributed by atoms with Gasteiger partial charge in [0, 0.05) is 11.6 Å². The average molecular weight is 174 g/mol. The summed E-state index contributed by atoms with van der Waals surface area (Å²) in [5.41, 5.74) is 6.50. The molecule has 0 spiro atoms. The van der Waals surface area contributed by atoms with Crippen LogP contribution in [0.5, 0.6) is 5.75 Å². The second-order valence-electron chi connectivity index (χ2n) is 3.06. The van der Waals surface area contributed by atoms with Crippen molar-refractivity contribution in [1.29, 1.82) is 0 Å². The quantitative estimate of drug-likeness (QED) is 0.640. The number of anilines is 1. The van der Waals surface area contributed by atoms with E-state index in [2.05, 4.69) is 4.98 Å². The third-order valence-electron chi connectivity index (χ3n) is 2.11. The molecule has 0 saturated heterocycles. The van der Waals surface area contributed by atoms with E-state index < -0.39 is 0 Å². The molecule has 0 unspecified atom stereocenters. The van der Waals surface area contributed by atoms with Gasteiger partial charge in [0.15, 0.2) is 0 Å². The van der Waals surface area contributed by atoms with Crippen molar-refractivity contribution in [2.24, 2.45) is 0 Å². The summed E-state index contributed by atoms with van der Waals surface area (Å²) in [5, 5.41) is 11.3. The van der Waals surface area contributed by atoms with Crippen molar-refractivity contribution in [2.45, 2.75) is 6.92 Å². The Morgan fingerprint density at radius 1 is 1.38 bits per heavy atom. The molecule has 3 N–H and O–H groups in total. The first-order valence-electron chi connectivity index (χ1n) is 4.02. The monoisotopic (exact) mass is 174 g/mol. The smallest absolute Gasteiger partial charge is 0.131 e. The maximum atomic E-state index is 9.46. The Balaban J connectivity index is 2.89. The summed E-state index contributed by atoms with van der Waals surface area (Å²) in [4.78, 5) is 3.94. The van der Waals surface area contributed by atoms with Gasteiger partial charge in [-0.1, -0.05) is 0 Å². The number of hydrogen-bond acceptors (Lipinski definition) is 3. The largest absolute Gasteiger partial charge is 0.508 e. The molecule has 13 heavy (non-hydrogen) atoms. The Labute approximate surface area is 75.8 Å². The summed E-state index contributed by atoms with van der Waals surface area (Å²) in [6.45, 7) is 1.85. The lowest BCUT2D eigenvalue weighted by molar-refractivity contribution is 0.472. The van der Waals surface area contributed by atoms with Crippen molar-refractivity contribution in [2.75, 3.05) is 5.73 Å². The van der Waals surface area contributed by atoms with E-state index in [0.717, 1.165) is 16.3 Å². The van der Waals surface area contributed by atoms with E-state index in [1.165, 1.54) is 0 Å². The van der Waals surface area contributed by atoms with Crippen LogP contribution < -0.4 is 5.73 Å². The van der Waals surface area contributed by atoms with E-state index in [1.54, 1.807) is 12.3 Å². The number of benzene rings is 1. The molecule has 0 saturated carbocycles. The van der Waals surface area contributed by atoms with Crippen LogP contribution in [0.15, 0.2) is 24.4 Å². The summed E-state index contributed by atoms with van der Waals surface area (Å²) >= 11 is 0. The lowest BCUT2D eigenvalue weighted by Gasteiger charge is -2.03. The van der Waals surface area contributed by atoms with Crippen LogP contribution in [-0.2, 0) is 0 Å². The van der Waals surface area contributed by atoms with E-state index in [4.69, 9.17) is 5.73 Å². The molecule has 0 fully saturated rings. The summed E-state index contributed by atoms with van der Waals surface area (Å²) in [6, 6.07) is 5.41. The maximum Gasteiger partial charge on any atom is 0.131 e. The van der Waals surface area contributed by atoms with Gasteiger partial charge in [0.2, 0.25) is 0 Å². The number of nitrogens with zero attached hydrogens (tertiary/aromatic N) is 1. The molecule has 1 aromatic heterocycles. The topological polar surface area (TPSA) is 59.1 Å². The highest BCUT2D eigenvalue weighted by atomic mass is 16.3. The minimum absolute atomic E-state index is 0.257. The lowest BCUT2D eigenvalue weighted by Crippen LogP contribution is -1.90. The van der Waals surface area contributed by atoms with Gasteiger partial charge in [-0.3, -0.25) is 0 Å². The van der Waals surface area contributed by atoms with Crippen LogP contribution in [0.4, 0.5) is 5.82 Å². The zero-order chi connectivity index (χ0) is 9.42. The van der Waals surface area contributed by atoms with E-state index in [0.29, 0.717) is 5.82 Å². The Hall–Kier alpha value is -1.77. The number of nitrogen functional groups attached to an aromatic ring is 1. The molecule has 1 aromatic carbocycles. The third-order valence-corrected chi connectivity index (χ3v) is 2.11. The summed E-state index contributed by atoms with van der Waals surface area (Å²) in [7, 11) is 0. The van der Waals surface area contributed by atoms with Gasteiger partial charge in [-0.25, -0.2) is 4.98 Å². The first-order chi connectivity index (χ1) is 6.18. The molecule has 3 heteroatoms. The van der Waals surface area contributed by atoms with Gasteiger partial charge in [-0.05, 0) is 36.1 Å². The van der Waals surface area contributed by atoms with Crippen molar-refractivity contribution < 1.29 is 5.11 Å². The van der Waals surface area contributed by atoms with E-state index in [1.807, 2.05) is 19.1 Å². The number of nitrogens with two attached hydrogens (primary N) is 1. The van der Waals surface area contributed by atoms with Crippen molar-refractivity contribution >= 4 is 16.6 Å². The van der Waals surface area contributed by atoms with Gasteiger partial charge >= 0.3 is 0 Å². The van der Waals surface area contributed by atoms with Gasteiger partial charge in [0.25, 0.3) is 0 Å². The molecule has 0 atom stereocenters. The van der Waals surface area contributed by atoms with Crippen LogP contribution in [0.3, 0.4) is 0 Å². The second kappa shape index (κ2) is 2.62. The number of aromatic nitrogens is 1. The average Bonchev–Trinajstić information content (AvgIpc) is 2.09. The highest BCUT2D eigenvalue weighted by Crippen LogP contribution is 2.26. The second-order valence-corrected chi connectivity index (χ2v) is 3.06. The fourth-order valence-corrected chi connectivity index (χ4v) is 1.35. The Morgan fingerprint density at radius 3 is 2.92 bits per heavy atom. The summed E-state index contributed by atoms with van der Waals surface area (Å²) in [5.74, 6) is 0.708. The number of phenolic OH excluding ortho intramolecular Hbond substituents is 1. The number of aryl methyl sites for hydroxylation is 1. The van der Waals surface area contributed by atoms with E-state index >= 15 is 0 Å². The predicted octanol–water partition coefficient (Wildman–Crippen LogP) is 1.83. The first-order valence-corrected chi connectivity index (χ1v) is 4.02. The van der Waals surface area contributed by atoms with Gasteiger partial charge in [0.1, 0.15) is 11.6 Å². The van der Waals surface area contributed by atoms with Crippen molar-refractivity contribution in [3.05, 3.63) is 30.0 Å². The van der Waals surface area contributed by atoms with Crippen molar-refractivity contribution in [3.63, 3.8) is 0 Å². The van der Waals surface area contributed by atoms with Crippen LogP contribution in [0, 0.1) is 6.92 Å². The highest BCUT2D eigenvalue weighted by Gasteiger charge is 2.02. The normalized spacial score (nSPS) is 10.5. The fraction of sp³-hybridized carbons (Fsp3) is 0.100. The zero-order valence-corrected chi connectivity index (χ0v) is 7.28. The minimum Gasteiger partial charge on any atom is -0.508 e. The zero-order valence-electron chi connectivity index (χ0n) is 7.28. The molecule has 2 aromatic rings. The molecule has 66 valence electrons. The molecule has 0 radical (unpaired) electrons. The maximum absolute atomic E-state index is 9.46. The fourth-order valence-electron chi connectivity index (χ4n) is 1.35. The standard InChI is InChI=1S/C10H10N2O/c1-6-4-7-2-3-12-10(11)8(7)5-9(6)13/h2-5,13H,1H3,(H2,11,12). The number of fused-ring (bicyclic) bond motifs is 1. The van der Waals surface area contributed by atoms with Crippen LogP contribution in [-0.4, -0.2) is 10.1 Å². The minimum atomic E-state index is 0.257. The Kier molecular flexibility index (Phi) is 1.59. The summed E-state index contributed by atoms with van der Waals surface area (Å²) < 4.78 is 0. The Bertz CT molecular complexity index is 466. The van der Waals surface area contributed by atoms with E-state index in [9.17, 15) is 5.11 Å². The van der Waals surface area contributed by atoms with Gasteiger partial charge in [-0.2, -0.15) is 0 Å². The van der Waals surface area contributed by atoms with E-state index in [-0.39, 0.29) is 5.75 Å². The van der Waals surface area contributed by atoms with Crippen LogP contribution in [0.1, 0.15) is 5.56 Å². The molecular formula is C10H10N2O. The number of phenols is 1. The number of hydrogen-bond donors (Lipinski definition) is 2. The molecule has 3 nitrogen and oxygen atoms in total. The van der Waals surface area contributed by atoms with Gasteiger partial charge in [-0.15, -0.1) is 0 Å². The number of aromatic hydroxyl groups is 1. The molecule has 0 amide bonds. The van der Waals surface area contributed by atoms with Gasteiger partial charge in [0.05, 0.1) is 0 Å². The summed E-state index contributed by atoms with van der Waals surface area (Å²) in [6.07, 6.45) is 1.66. The number of pyridine rings is 1. The molecule has 1 heterocycles. The van der Waals surface area contributed by atoms with Crippen LogP contribution >= 0.6 is 0 Å². The van der Waals surface area contributed by atoms with Crippen molar-refractivity contribution in [1.82, 2.24) is 4.98 Å². The van der Waals surface area contributed by atoms with Crippen LogP contribution in [0.25, 0.3) is 10.8 Å².